The van der Waals surface area contributed by atoms with Gasteiger partial charge in [-0.2, -0.15) is 0 Å². The van der Waals surface area contributed by atoms with Crippen LogP contribution in [0, 0.1) is 5.92 Å². The van der Waals surface area contributed by atoms with Crippen molar-refractivity contribution in [1.29, 1.82) is 0 Å². The number of allylic oxidation sites excluding steroid dienone is 3. The van der Waals surface area contributed by atoms with Gasteiger partial charge in [0.15, 0.2) is 0 Å². The Morgan fingerprint density at radius 1 is 1.38 bits per heavy atom. The Morgan fingerprint density at radius 2 is 2.19 bits per heavy atom. The summed E-state index contributed by atoms with van der Waals surface area (Å²) in [5.74, 6) is 1.99. The summed E-state index contributed by atoms with van der Waals surface area (Å²) in [7, 11) is 3.95. The summed E-state index contributed by atoms with van der Waals surface area (Å²) >= 11 is 0. The first kappa shape index (κ1) is 12.6. The predicted octanol–water partition coefficient (Wildman–Crippen LogP) is 3.94. The van der Waals surface area contributed by atoms with Crippen molar-refractivity contribution in [2.45, 2.75) is 26.2 Å². The largest absolute Gasteiger partial charge is 0.302 e. The summed E-state index contributed by atoms with van der Waals surface area (Å²) in [5, 5.41) is 0. The van der Waals surface area contributed by atoms with Crippen molar-refractivity contribution in [3.63, 3.8) is 0 Å². The summed E-state index contributed by atoms with van der Waals surface area (Å²) in [6.07, 6.45) is 11.0. The second-order valence-electron chi connectivity index (χ2n) is 4.63. The molecule has 0 bridgehead atoms. The van der Waals surface area contributed by atoms with Gasteiger partial charge >= 0.3 is 0 Å². The quantitative estimate of drug-likeness (QED) is 0.541. The van der Waals surface area contributed by atoms with E-state index >= 15 is 0 Å². The van der Waals surface area contributed by atoms with Gasteiger partial charge in [0, 0.05) is 17.2 Å². The van der Waals surface area contributed by atoms with Crippen LogP contribution in [0.25, 0.3) is 0 Å². The maximum Gasteiger partial charge on any atom is 0.0168 e. The maximum absolute atomic E-state index is 2.58. The smallest absolute Gasteiger partial charge is 0.0168 e. The first-order valence-electron chi connectivity index (χ1n) is 6.25. The van der Waals surface area contributed by atoms with Crippen LogP contribution in [-0.2, 0) is 0 Å². The van der Waals surface area contributed by atoms with Crippen molar-refractivity contribution < 1.29 is 0 Å². The molecular weight excluding hydrogens is 234 g/mol. The zero-order valence-electron chi connectivity index (χ0n) is 10.0. The van der Waals surface area contributed by atoms with E-state index in [-0.39, 0.29) is 0 Å². The third-order valence-electron chi connectivity index (χ3n) is 3.12. The zero-order valence-corrected chi connectivity index (χ0v) is 11.7. The lowest BCUT2D eigenvalue weighted by Crippen LogP contribution is -2.21. The van der Waals surface area contributed by atoms with Crippen molar-refractivity contribution in [2.24, 2.45) is 5.92 Å². The Hall–Kier alpha value is 0.140. The van der Waals surface area contributed by atoms with Crippen molar-refractivity contribution >= 4 is 21.6 Å². The van der Waals surface area contributed by atoms with Crippen LogP contribution < -0.4 is 0 Å². The lowest BCUT2D eigenvalue weighted by atomic mass is 10.0. The van der Waals surface area contributed by atoms with E-state index < -0.39 is 0 Å². The van der Waals surface area contributed by atoms with Crippen LogP contribution in [0.2, 0.25) is 0 Å². The van der Waals surface area contributed by atoms with E-state index in [1.807, 2.05) is 21.6 Å². The van der Waals surface area contributed by atoms with Crippen LogP contribution >= 0.6 is 21.6 Å². The molecule has 1 heterocycles. The standard InChI is InChI=1S/C13H21NS2/c1-12-4-6-13(7-5-12)16-15-11-10-14-8-2-3-9-14/h4,6-7,12H,2-3,5,8-11H2,1H3. The molecule has 90 valence electrons. The molecule has 1 unspecified atom stereocenters. The molecule has 2 rings (SSSR count). The summed E-state index contributed by atoms with van der Waals surface area (Å²) in [4.78, 5) is 4.03. The molecular formula is C13H21NS2. The van der Waals surface area contributed by atoms with Crippen LogP contribution in [0.4, 0.5) is 0 Å². The highest BCUT2D eigenvalue weighted by Gasteiger charge is 2.10. The Labute approximate surface area is 107 Å². The maximum atomic E-state index is 2.58. The van der Waals surface area contributed by atoms with Crippen molar-refractivity contribution in [3.8, 4) is 0 Å². The van der Waals surface area contributed by atoms with Crippen LogP contribution in [0.3, 0.4) is 0 Å². The van der Waals surface area contributed by atoms with E-state index in [1.165, 1.54) is 49.6 Å². The Morgan fingerprint density at radius 3 is 2.88 bits per heavy atom. The molecule has 1 atom stereocenters. The summed E-state index contributed by atoms with van der Waals surface area (Å²) in [5.41, 5.74) is 0. The lowest BCUT2D eigenvalue weighted by molar-refractivity contribution is 0.362. The predicted molar refractivity (Wildman–Crippen MR) is 76.7 cm³/mol. The van der Waals surface area contributed by atoms with Crippen molar-refractivity contribution in [3.05, 3.63) is 23.1 Å². The Kier molecular flexibility index (Phi) is 5.33. The molecule has 0 radical (unpaired) electrons. The molecule has 16 heavy (non-hydrogen) atoms. The zero-order chi connectivity index (χ0) is 11.2. The highest BCUT2D eigenvalue weighted by Crippen LogP contribution is 2.34. The molecule has 0 aromatic rings. The minimum Gasteiger partial charge on any atom is -0.302 e. The fourth-order valence-electron chi connectivity index (χ4n) is 2.05. The highest BCUT2D eigenvalue weighted by molar-refractivity contribution is 8.78. The normalized spacial score (nSPS) is 26.1. The molecule has 1 aliphatic carbocycles. The van der Waals surface area contributed by atoms with Gasteiger partial charge in [-0.3, -0.25) is 0 Å². The molecule has 1 nitrogen and oxygen atoms in total. The van der Waals surface area contributed by atoms with E-state index in [0.29, 0.717) is 0 Å². The summed E-state index contributed by atoms with van der Waals surface area (Å²) in [6.45, 7) is 6.19. The fraction of sp³-hybridized carbons (Fsp3) is 0.692. The number of likely N-dealkylation sites (tertiary alicyclic amines) is 1. The van der Waals surface area contributed by atoms with Crippen molar-refractivity contribution in [1.82, 2.24) is 4.90 Å². The molecule has 0 aromatic carbocycles. The first-order chi connectivity index (χ1) is 7.84. The Bertz CT molecular complexity index is 267. The van der Waals surface area contributed by atoms with Crippen LogP contribution in [0.5, 0.6) is 0 Å². The van der Waals surface area contributed by atoms with Gasteiger partial charge in [-0.15, -0.1) is 0 Å². The summed E-state index contributed by atoms with van der Waals surface area (Å²) in [6, 6.07) is 0. The minimum absolute atomic E-state index is 0.735. The molecule has 0 amide bonds. The molecule has 0 spiro atoms. The molecule has 2 aliphatic rings. The van der Waals surface area contributed by atoms with Gasteiger partial charge < -0.3 is 4.90 Å². The monoisotopic (exact) mass is 255 g/mol. The average molecular weight is 255 g/mol. The summed E-state index contributed by atoms with van der Waals surface area (Å²) < 4.78 is 0. The van der Waals surface area contributed by atoms with Gasteiger partial charge in [0.25, 0.3) is 0 Å². The van der Waals surface area contributed by atoms with E-state index in [4.69, 9.17) is 0 Å². The molecule has 3 heteroatoms. The van der Waals surface area contributed by atoms with Gasteiger partial charge in [-0.05, 0) is 38.3 Å². The van der Waals surface area contributed by atoms with E-state index in [2.05, 4.69) is 30.1 Å². The minimum atomic E-state index is 0.735. The van der Waals surface area contributed by atoms with Gasteiger partial charge in [0.05, 0.1) is 0 Å². The van der Waals surface area contributed by atoms with E-state index in [0.717, 1.165) is 5.92 Å². The van der Waals surface area contributed by atoms with E-state index in [9.17, 15) is 0 Å². The Balaban J connectivity index is 1.56. The number of hydrogen-bond donors (Lipinski definition) is 0. The lowest BCUT2D eigenvalue weighted by Gasteiger charge is -2.14. The second kappa shape index (κ2) is 6.77. The topological polar surface area (TPSA) is 3.24 Å². The van der Waals surface area contributed by atoms with Gasteiger partial charge in [0.2, 0.25) is 0 Å². The van der Waals surface area contributed by atoms with Gasteiger partial charge in [0.1, 0.15) is 0 Å². The first-order valence-corrected chi connectivity index (χ1v) is 8.56. The third-order valence-corrected chi connectivity index (χ3v) is 5.52. The number of nitrogens with zero attached hydrogens (tertiary/aromatic N) is 1. The fourth-order valence-corrected chi connectivity index (χ4v) is 4.16. The second-order valence-corrected chi connectivity index (χ2v) is 7.12. The van der Waals surface area contributed by atoms with Crippen LogP contribution in [-0.4, -0.2) is 30.3 Å². The SMILES string of the molecule is CC1C=CC(SSCCN2CCCC2)=CC1. The van der Waals surface area contributed by atoms with E-state index in [1.54, 1.807) is 0 Å². The third kappa shape index (κ3) is 4.19. The molecule has 1 aliphatic heterocycles. The average Bonchev–Trinajstić information content (AvgIpc) is 2.80. The van der Waals surface area contributed by atoms with Crippen LogP contribution in [0.1, 0.15) is 26.2 Å². The van der Waals surface area contributed by atoms with Crippen molar-refractivity contribution in [2.75, 3.05) is 25.4 Å². The number of hydrogen-bond acceptors (Lipinski definition) is 3. The van der Waals surface area contributed by atoms with Gasteiger partial charge in [-0.1, -0.05) is 46.7 Å². The highest BCUT2D eigenvalue weighted by atomic mass is 33.1. The molecule has 0 saturated carbocycles. The van der Waals surface area contributed by atoms with Gasteiger partial charge in [-0.25, -0.2) is 0 Å². The molecule has 1 fully saturated rings. The molecule has 1 saturated heterocycles. The van der Waals surface area contributed by atoms with Crippen LogP contribution in [0.15, 0.2) is 23.1 Å². The number of rotatable bonds is 5. The molecule has 0 N–H and O–H groups in total. The molecule has 0 aromatic heterocycles.